The summed E-state index contributed by atoms with van der Waals surface area (Å²) in [5, 5.41) is 11.7. The molecule has 0 saturated carbocycles. The van der Waals surface area contributed by atoms with Crippen LogP contribution in [-0.2, 0) is 7.05 Å². The van der Waals surface area contributed by atoms with E-state index in [1.807, 2.05) is 31.4 Å². The number of nitrogens with one attached hydrogen (secondary N) is 1. The molecular formula is C16H15ClN4O2. The van der Waals surface area contributed by atoms with E-state index in [1.165, 1.54) is 0 Å². The van der Waals surface area contributed by atoms with Gasteiger partial charge in [-0.2, -0.15) is 5.10 Å². The maximum atomic E-state index is 12.4. The molecule has 23 heavy (non-hydrogen) atoms. The highest BCUT2D eigenvalue weighted by Crippen LogP contribution is 2.23. The number of hydrogen-bond acceptors (Lipinski definition) is 4. The lowest BCUT2D eigenvalue weighted by Gasteiger charge is -2.16. The summed E-state index contributed by atoms with van der Waals surface area (Å²) in [6.07, 6.45) is 1.82. The zero-order valence-corrected chi connectivity index (χ0v) is 13.4. The van der Waals surface area contributed by atoms with Gasteiger partial charge in [-0.05, 0) is 30.7 Å². The fraction of sp³-hybridized carbons (Fsp3) is 0.188. The van der Waals surface area contributed by atoms with Crippen LogP contribution in [0.3, 0.4) is 0 Å². The lowest BCUT2D eigenvalue weighted by molar-refractivity contribution is 0.0905. The number of rotatable bonds is 4. The second kappa shape index (κ2) is 6.26. The normalized spacial score (nSPS) is 12.1. The smallest absolute Gasteiger partial charge is 0.290 e. The molecule has 1 amide bonds. The minimum Gasteiger partial charge on any atom is -0.351 e. The molecule has 0 radical (unpaired) electrons. The topological polar surface area (TPSA) is 73.0 Å². The van der Waals surface area contributed by atoms with Crippen LogP contribution in [0, 0.1) is 6.92 Å². The summed E-state index contributed by atoms with van der Waals surface area (Å²) in [4.78, 5) is 12.4. The molecule has 6 nitrogen and oxygen atoms in total. The van der Waals surface area contributed by atoms with Gasteiger partial charge < -0.3 is 9.84 Å². The van der Waals surface area contributed by atoms with Crippen LogP contribution >= 0.6 is 11.6 Å². The van der Waals surface area contributed by atoms with Crippen molar-refractivity contribution in [2.45, 2.75) is 13.0 Å². The monoisotopic (exact) mass is 330 g/mol. The van der Waals surface area contributed by atoms with E-state index in [-0.39, 0.29) is 11.7 Å². The van der Waals surface area contributed by atoms with Crippen LogP contribution in [0.4, 0.5) is 0 Å². The Hall–Kier alpha value is -2.60. The molecule has 1 atom stereocenters. The quantitative estimate of drug-likeness (QED) is 0.798. The number of benzene rings is 1. The number of aryl methyl sites for hydroxylation is 2. The molecular weight excluding hydrogens is 316 g/mol. The van der Waals surface area contributed by atoms with Crippen LogP contribution in [0.25, 0.3) is 0 Å². The van der Waals surface area contributed by atoms with Crippen molar-refractivity contribution >= 4 is 17.5 Å². The van der Waals surface area contributed by atoms with E-state index >= 15 is 0 Å². The number of hydrogen-bond donors (Lipinski definition) is 1. The molecule has 7 heteroatoms. The number of carbonyl (C=O) groups excluding carboxylic acids is 1. The van der Waals surface area contributed by atoms with E-state index in [4.69, 9.17) is 16.1 Å². The molecule has 0 fully saturated rings. The average molecular weight is 331 g/mol. The van der Waals surface area contributed by atoms with Gasteiger partial charge >= 0.3 is 0 Å². The number of amides is 1. The standard InChI is InChI=1S/C16H15ClN4O2/c1-10-9-14(23-20-10)16(22)18-15(13-7-8-21(2)19-13)11-3-5-12(17)6-4-11/h3-9,15H,1-2H3,(H,18,22)/t15-/m1/s1. The van der Waals surface area contributed by atoms with Gasteiger partial charge in [-0.15, -0.1) is 0 Å². The van der Waals surface area contributed by atoms with Crippen LogP contribution in [0.1, 0.15) is 33.5 Å². The molecule has 0 bridgehead atoms. The largest absolute Gasteiger partial charge is 0.351 e. The Morgan fingerprint density at radius 1 is 1.30 bits per heavy atom. The summed E-state index contributed by atoms with van der Waals surface area (Å²) in [6.45, 7) is 1.76. The van der Waals surface area contributed by atoms with Gasteiger partial charge in [0, 0.05) is 24.3 Å². The fourth-order valence-electron chi connectivity index (χ4n) is 2.24. The Kier molecular flexibility index (Phi) is 4.16. The zero-order valence-electron chi connectivity index (χ0n) is 12.7. The second-order valence-corrected chi connectivity index (χ2v) is 5.64. The maximum absolute atomic E-state index is 12.4. The third-order valence-corrected chi connectivity index (χ3v) is 3.61. The van der Waals surface area contributed by atoms with Crippen molar-refractivity contribution < 1.29 is 9.32 Å². The number of nitrogens with zero attached hydrogens (tertiary/aromatic N) is 3. The molecule has 0 spiro atoms. The van der Waals surface area contributed by atoms with Crippen molar-refractivity contribution in [1.29, 1.82) is 0 Å². The van der Waals surface area contributed by atoms with Gasteiger partial charge in [-0.25, -0.2) is 0 Å². The Balaban J connectivity index is 1.92. The van der Waals surface area contributed by atoms with Crippen molar-refractivity contribution in [3.05, 3.63) is 70.3 Å². The first-order valence-corrected chi connectivity index (χ1v) is 7.40. The molecule has 118 valence electrons. The minimum absolute atomic E-state index is 0.164. The fourth-order valence-corrected chi connectivity index (χ4v) is 2.37. The highest BCUT2D eigenvalue weighted by atomic mass is 35.5. The van der Waals surface area contributed by atoms with Crippen molar-refractivity contribution in [3.8, 4) is 0 Å². The van der Waals surface area contributed by atoms with Gasteiger partial charge in [0.15, 0.2) is 0 Å². The number of carbonyl (C=O) groups is 1. The van der Waals surface area contributed by atoms with Crippen LogP contribution in [0.2, 0.25) is 5.02 Å². The molecule has 3 rings (SSSR count). The second-order valence-electron chi connectivity index (χ2n) is 5.20. The predicted molar refractivity (Wildman–Crippen MR) is 85.2 cm³/mol. The summed E-state index contributed by atoms with van der Waals surface area (Å²) < 4.78 is 6.70. The van der Waals surface area contributed by atoms with Crippen molar-refractivity contribution in [2.24, 2.45) is 7.05 Å². The third-order valence-electron chi connectivity index (χ3n) is 3.36. The summed E-state index contributed by atoms with van der Waals surface area (Å²) >= 11 is 5.94. The molecule has 0 aliphatic rings. The van der Waals surface area contributed by atoms with E-state index in [2.05, 4.69) is 15.6 Å². The molecule has 0 aliphatic heterocycles. The first-order chi connectivity index (χ1) is 11.0. The molecule has 3 aromatic rings. The van der Waals surface area contributed by atoms with Gasteiger partial charge in [-0.1, -0.05) is 28.9 Å². The van der Waals surface area contributed by atoms with Crippen molar-refractivity contribution in [1.82, 2.24) is 20.3 Å². The lowest BCUT2D eigenvalue weighted by atomic mass is 10.0. The van der Waals surface area contributed by atoms with Gasteiger partial charge in [0.2, 0.25) is 5.76 Å². The van der Waals surface area contributed by atoms with Gasteiger partial charge in [0.25, 0.3) is 5.91 Å². The Bertz CT molecular complexity index is 823. The molecule has 2 aromatic heterocycles. The first-order valence-electron chi connectivity index (χ1n) is 7.02. The Labute approximate surface area is 138 Å². The third kappa shape index (κ3) is 3.43. The number of halogens is 1. The van der Waals surface area contributed by atoms with Gasteiger partial charge in [0.1, 0.15) is 0 Å². The summed E-state index contributed by atoms with van der Waals surface area (Å²) in [5.41, 5.74) is 2.24. The predicted octanol–water partition coefficient (Wildman–Crippen LogP) is 2.89. The zero-order chi connectivity index (χ0) is 16.4. The summed E-state index contributed by atoms with van der Waals surface area (Å²) in [7, 11) is 1.82. The average Bonchev–Trinajstić information content (AvgIpc) is 3.14. The van der Waals surface area contributed by atoms with E-state index in [1.54, 1.807) is 29.8 Å². The van der Waals surface area contributed by atoms with Crippen LogP contribution in [-0.4, -0.2) is 20.8 Å². The molecule has 0 unspecified atom stereocenters. The lowest BCUT2D eigenvalue weighted by Crippen LogP contribution is -2.29. The van der Waals surface area contributed by atoms with Crippen molar-refractivity contribution in [2.75, 3.05) is 0 Å². The molecule has 2 heterocycles. The molecule has 1 aromatic carbocycles. The number of aromatic nitrogens is 3. The SMILES string of the molecule is Cc1cc(C(=O)N[C@H](c2ccc(Cl)cc2)c2ccn(C)n2)on1. The van der Waals surface area contributed by atoms with Gasteiger partial charge in [-0.3, -0.25) is 9.48 Å². The van der Waals surface area contributed by atoms with Crippen molar-refractivity contribution in [3.63, 3.8) is 0 Å². The molecule has 0 saturated heterocycles. The Morgan fingerprint density at radius 2 is 2.04 bits per heavy atom. The van der Waals surface area contributed by atoms with Gasteiger partial charge in [0.05, 0.1) is 17.4 Å². The summed E-state index contributed by atoms with van der Waals surface area (Å²) in [5.74, 6) is -0.186. The van der Waals surface area contributed by atoms with E-state index in [0.717, 1.165) is 11.3 Å². The highest BCUT2D eigenvalue weighted by molar-refractivity contribution is 6.30. The van der Waals surface area contributed by atoms with Crippen LogP contribution in [0.5, 0.6) is 0 Å². The minimum atomic E-state index is -0.411. The van der Waals surface area contributed by atoms with Crippen LogP contribution in [0.15, 0.2) is 47.1 Å². The molecule has 0 aliphatic carbocycles. The highest BCUT2D eigenvalue weighted by Gasteiger charge is 2.22. The van der Waals surface area contributed by atoms with Crippen LogP contribution < -0.4 is 5.32 Å². The van der Waals surface area contributed by atoms with E-state index in [0.29, 0.717) is 10.7 Å². The summed E-state index contributed by atoms with van der Waals surface area (Å²) in [6, 6.07) is 10.3. The Morgan fingerprint density at radius 3 is 2.61 bits per heavy atom. The first kappa shape index (κ1) is 15.3. The van der Waals surface area contributed by atoms with E-state index < -0.39 is 6.04 Å². The van der Waals surface area contributed by atoms with E-state index in [9.17, 15) is 4.79 Å². The maximum Gasteiger partial charge on any atom is 0.290 e. The molecule has 1 N–H and O–H groups in total.